The number of carbonyl (C=O) groups is 1. The van der Waals surface area contributed by atoms with Crippen LogP contribution in [0.5, 0.6) is 5.75 Å². The molecule has 0 aliphatic carbocycles. The molecule has 2 rings (SSSR count). The third-order valence-electron chi connectivity index (χ3n) is 3.20. The van der Waals surface area contributed by atoms with Crippen LogP contribution in [0.25, 0.3) is 0 Å². The molecule has 0 saturated heterocycles. The molecule has 3 N–H and O–H groups in total. The van der Waals surface area contributed by atoms with Gasteiger partial charge in [-0.25, -0.2) is 4.39 Å². The highest BCUT2D eigenvalue weighted by molar-refractivity contribution is 6.04. The number of ether oxygens (including phenoxy) is 1. The number of amides is 1. The van der Waals surface area contributed by atoms with Crippen molar-refractivity contribution in [2.75, 3.05) is 12.4 Å². The Morgan fingerprint density at radius 1 is 1.29 bits per heavy atom. The standard InChI is InChI=1S/C16H17FN2O2/c1-10-3-4-11(9-18)7-14(10)19-16(20)12-5-6-15(21-2)13(17)8-12/h3-8H,9,18H2,1-2H3,(H,19,20). The predicted molar refractivity (Wildman–Crippen MR) is 80.0 cm³/mol. The van der Waals surface area contributed by atoms with Gasteiger partial charge in [0.25, 0.3) is 5.91 Å². The summed E-state index contributed by atoms with van der Waals surface area (Å²) in [6, 6.07) is 9.68. The van der Waals surface area contributed by atoms with E-state index < -0.39 is 5.82 Å². The molecule has 0 fully saturated rings. The lowest BCUT2D eigenvalue weighted by molar-refractivity contribution is 0.102. The molecule has 0 atom stereocenters. The average molecular weight is 288 g/mol. The van der Waals surface area contributed by atoms with Crippen molar-refractivity contribution in [3.05, 3.63) is 58.9 Å². The molecule has 0 aliphatic rings. The van der Waals surface area contributed by atoms with Gasteiger partial charge < -0.3 is 15.8 Å². The number of hydrogen-bond donors (Lipinski definition) is 2. The molecule has 1 amide bonds. The number of nitrogens with one attached hydrogen (secondary N) is 1. The average Bonchev–Trinajstić information content (AvgIpc) is 2.49. The minimum atomic E-state index is -0.572. The topological polar surface area (TPSA) is 64.3 Å². The van der Waals surface area contributed by atoms with Crippen molar-refractivity contribution >= 4 is 11.6 Å². The van der Waals surface area contributed by atoms with Crippen molar-refractivity contribution in [2.45, 2.75) is 13.5 Å². The maximum absolute atomic E-state index is 13.6. The van der Waals surface area contributed by atoms with Gasteiger partial charge in [0.15, 0.2) is 11.6 Å². The summed E-state index contributed by atoms with van der Waals surface area (Å²) in [7, 11) is 1.37. The molecule has 2 aromatic rings. The van der Waals surface area contributed by atoms with Gasteiger partial charge in [0.1, 0.15) is 0 Å². The van der Waals surface area contributed by atoms with Gasteiger partial charge in [-0.3, -0.25) is 4.79 Å². The maximum atomic E-state index is 13.6. The first-order valence-corrected chi connectivity index (χ1v) is 6.49. The lowest BCUT2D eigenvalue weighted by Gasteiger charge is -2.11. The normalized spacial score (nSPS) is 10.3. The van der Waals surface area contributed by atoms with E-state index in [9.17, 15) is 9.18 Å². The Morgan fingerprint density at radius 2 is 2.05 bits per heavy atom. The molecular weight excluding hydrogens is 271 g/mol. The number of rotatable bonds is 4. The molecule has 0 heterocycles. The van der Waals surface area contributed by atoms with Gasteiger partial charge in [0.05, 0.1) is 7.11 Å². The lowest BCUT2D eigenvalue weighted by Crippen LogP contribution is -2.13. The Kier molecular flexibility index (Phi) is 4.55. The second-order valence-electron chi connectivity index (χ2n) is 4.66. The van der Waals surface area contributed by atoms with Gasteiger partial charge in [-0.1, -0.05) is 12.1 Å². The fourth-order valence-corrected chi connectivity index (χ4v) is 1.93. The van der Waals surface area contributed by atoms with Crippen LogP contribution < -0.4 is 15.8 Å². The Balaban J connectivity index is 2.23. The summed E-state index contributed by atoms with van der Waals surface area (Å²) in [4.78, 5) is 12.2. The number of nitrogens with two attached hydrogens (primary N) is 1. The summed E-state index contributed by atoms with van der Waals surface area (Å²) in [6.45, 7) is 2.27. The molecule has 110 valence electrons. The van der Waals surface area contributed by atoms with Crippen molar-refractivity contribution in [3.63, 3.8) is 0 Å². The van der Waals surface area contributed by atoms with Crippen LogP contribution in [-0.2, 0) is 6.54 Å². The summed E-state index contributed by atoms with van der Waals surface area (Å²) >= 11 is 0. The van der Waals surface area contributed by atoms with Gasteiger partial charge in [-0.05, 0) is 42.3 Å². The Hall–Kier alpha value is -2.40. The third-order valence-corrected chi connectivity index (χ3v) is 3.20. The number of hydrogen-bond acceptors (Lipinski definition) is 3. The first-order valence-electron chi connectivity index (χ1n) is 6.49. The summed E-state index contributed by atoms with van der Waals surface area (Å²) in [5.74, 6) is -0.848. The van der Waals surface area contributed by atoms with Crippen LogP contribution in [0, 0.1) is 12.7 Å². The van der Waals surface area contributed by atoms with Gasteiger partial charge in [-0.2, -0.15) is 0 Å². The Bertz CT molecular complexity index is 671. The van der Waals surface area contributed by atoms with Crippen molar-refractivity contribution in [1.82, 2.24) is 0 Å². The number of benzene rings is 2. The van der Waals surface area contributed by atoms with Crippen molar-refractivity contribution in [3.8, 4) is 5.75 Å². The van der Waals surface area contributed by atoms with Crippen LogP contribution in [0.2, 0.25) is 0 Å². The second-order valence-corrected chi connectivity index (χ2v) is 4.66. The number of aryl methyl sites for hydroxylation is 1. The van der Waals surface area contributed by atoms with Gasteiger partial charge >= 0.3 is 0 Å². The highest BCUT2D eigenvalue weighted by Gasteiger charge is 2.11. The van der Waals surface area contributed by atoms with Crippen LogP contribution >= 0.6 is 0 Å². The minimum Gasteiger partial charge on any atom is -0.494 e. The van der Waals surface area contributed by atoms with E-state index in [0.29, 0.717) is 12.2 Å². The predicted octanol–water partition coefficient (Wildman–Crippen LogP) is 2.85. The molecular formula is C16H17FN2O2. The number of methoxy groups -OCH3 is 1. The van der Waals surface area contributed by atoms with Gasteiger partial charge in [-0.15, -0.1) is 0 Å². The SMILES string of the molecule is COc1ccc(C(=O)Nc2cc(CN)ccc2C)cc1F. The molecule has 0 bridgehead atoms. The zero-order valence-electron chi connectivity index (χ0n) is 11.9. The van der Waals surface area contributed by atoms with E-state index in [0.717, 1.165) is 17.2 Å². The quantitative estimate of drug-likeness (QED) is 0.909. The second kappa shape index (κ2) is 6.37. The first kappa shape index (κ1) is 15.0. The van der Waals surface area contributed by atoms with E-state index in [1.807, 2.05) is 25.1 Å². The zero-order chi connectivity index (χ0) is 15.4. The van der Waals surface area contributed by atoms with Crippen LogP contribution in [0.4, 0.5) is 10.1 Å². The van der Waals surface area contributed by atoms with Gasteiger partial charge in [0.2, 0.25) is 0 Å². The molecule has 0 aromatic heterocycles. The molecule has 4 nitrogen and oxygen atoms in total. The van der Waals surface area contributed by atoms with E-state index in [1.165, 1.54) is 19.2 Å². The third kappa shape index (κ3) is 3.38. The molecule has 0 unspecified atom stereocenters. The lowest BCUT2D eigenvalue weighted by atomic mass is 10.1. The molecule has 0 spiro atoms. The van der Waals surface area contributed by atoms with E-state index in [4.69, 9.17) is 10.5 Å². The zero-order valence-corrected chi connectivity index (χ0v) is 11.9. The van der Waals surface area contributed by atoms with Crippen molar-refractivity contribution < 1.29 is 13.9 Å². The van der Waals surface area contributed by atoms with E-state index in [-0.39, 0.29) is 17.2 Å². The monoisotopic (exact) mass is 288 g/mol. The van der Waals surface area contributed by atoms with E-state index in [2.05, 4.69) is 5.32 Å². The summed E-state index contributed by atoms with van der Waals surface area (Å²) < 4.78 is 18.5. The van der Waals surface area contributed by atoms with Gasteiger partial charge in [0, 0.05) is 17.8 Å². The largest absolute Gasteiger partial charge is 0.494 e. The number of anilines is 1. The summed E-state index contributed by atoms with van der Waals surface area (Å²) in [5.41, 5.74) is 8.31. The highest BCUT2D eigenvalue weighted by atomic mass is 19.1. The molecule has 0 aliphatic heterocycles. The maximum Gasteiger partial charge on any atom is 0.255 e. The Labute approximate surface area is 122 Å². The highest BCUT2D eigenvalue weighted by Crippen LogP contribution is 2.20. The smallest absolute Gasteiger partial charge is 0.255 e. The van der Waals surface area contributed by atoms with E-state index in [1.54, 1.807) is 0 Å². The molecule has 5 heteroatoms. The molecule has 2 aromatic carbocycles. The molecule has 0 saturated carbocycles. The van der Waals surface area contributed by atoms with Crippen LogP contribution in [0.3, 0.4) is 0 Å². The molecule has 0 radical (unpaired) electrons. The van der Waals surface area contributed by atoms with E-state index >= 15 is 0 Å². The Morgan fingerprint density at radius 3 is 2.67 bits per heavy atom. The summed E-state index contributed by atoms with van der Waals surface area (Å²) in [6.07, 6.45) is 0. The van der Waals surface area contributed by atoms with Crippen LogP contribution in [0.15, 0.2) is 36.4 Å². The minimum absolute atomic E-state index is 0.104. The summed E-state index contributed by atoms with van der Waals surface area (Å²) in [5, 5.41) is 2.76. The fraction of sp³-hybridized carbons (Fsp3) is 0.188. The molecule has 21 heavy (non-hydrogen) atoms. The van der Waals surface area contributed by atoms with Crippen molar-refractivity contribution in [2.24, 2.45) is 5.73 Å². The van der Waals surface area contributed by atoms with Crippen LogP contribution in [0.1, 0.15) is 21.5 Å². The number of halogens is 1. The van der Waals surface area contributed by atoms with Crippen LogP contribution in [-0.4, -0.2) is 13.0 Å². The number of carbonyl (C=O) groups excluding carboxylic acids is 1. The fourth-order valence-electron chi connectivity index (χ4n) is 1.93. The first-order chi connectivity index (χ1) is 10.0. The van der Waals surface area contributed by atoms with Crippen molar-refractivity contribution in [1.29, 1.82) is 0 Å².